The van der Waals surface area contributed by atoms with Gasteiger partial charge in [-0.1, -0.05) is 36.4 Å². The zero-order chi connectivity index (χ0) is 24.3. The Morgan fingerprint density at radius 3 is 2.50 bits per heavy atom. The van der Waals surface area contributed by atoms with Crippen LogP contribution >= 0.6 is 0 Å². The summed E-state index contributed by atoms with van der Waals surface area (Å²) < 4.78 is 25.1. The smallest absolute Gasteiger partial charge is 0.266 e. The van der Waals surface area contributed by atoms with Gasteiger partial charge in [0.05, 0.1) is 6.61 Å². The minimum Gasteiger partial charge on any atom is -0.490 e. The second-order valence-electron chi connectivity index (χ2n) is 7.34. The summed E-state index contributed by atoms with van der Waals surface area (Å²) in [7, 11) is 0. The standard InChI is InChI=1S/C28H25FN2O3/c1-3-8-22-15-21(16-23(18-30)28(32)31-25-9-6-5-7-10-25)17-26(33-4-2)27(22)34-19-20-11-13-24(29)14-12-20/h3,5-7,9-17H,1,4,8,19H2,2H3,(H,31,32)/b23-16+. The van der Waals surface area contributed by atoms with E-state index in [0.717, 1.165) is 11.1 Å². The third kappa shape index (κ3) is 6.57. The first-order valence-electron chi connectivity index (χ1n) is 10.8. The number of nitrogens with zero attached hydrogens (tertiary/aromatic N) is 1. The van der Waals surface area contributed by atoms with E-state index in [1.165, 1.54) is 18.2 Å². The maximum atomic E-state index is 13.2. The minimum atomic E-state index is -0.506. The predicted molar refractivity (Wildman–Crippen MR) is 131 cm³/mol. The fourth-order valence-corrected chi connectivity index (χ4v) is 3.27. The molecular weight excluding hydrogens is 431 g/mol. The molecule has 34 heavy (non-hydrogen) atoms. The minimum absolute atomic E-state index is 0.0455. The summed E-state index contributed by atoms with van der Waals surface area (Å²) in [6.07, 6.45) is 3.73. The van der Waals surface area contributed by atoms with Gasteiger partial charge in [-0.05, 0) is 66.9 Å². The fraction of sp³-hybridized carbons (Fsp3) is 0.143. The molecule has 0 atom stereocenters. The first-order valence-corrected chi connectivity index (χ1v) is 10.8. The lowest BCUT2D eigenvalue weighted by atomic mass is 10.0. The topological polar surface area (TPSA) is 71.4 Å². The molecule has 0 aliphatic carbocycles. The van der Waals surface area contributed by atoms with Crippen LogP contribution in [0, 0.1) is 17.1 Å². The van der Waals surface area contributed by atoms with Gasteiger partial charge in [0.2, 0.25) is 0 Å². The Labute approximate surface area is 198 Å². The molecule has 6 heteroatoms. The average Bonchev–Trinajstić information content (AvgIpc) is 2.84. The van der Waals surface area contributed by atoms with Gasteiger partial charge in [-0.3, -0.25) is 4.79 Å². The average molecular weight is 457 g/mol. The molecule has 5 nitrogen and oxygen atoms in total. The van der Waals surface area contributed by atoms with E-state index in [1.54, 1.807) is 48.5 Å². The summed E-state index contributed by atoms with van der Waals surface area (Å²) in [6.45, 7) is 6.29. The molecular formula is C28H25FN2O3. The van der Waals surface area contributed by atoms with Crippen LogP contribution in [0.5, 0.6) is 11.5 Å². The molecule has 172 valence electrons. The Kier molecular flexibility index (Phi) is 8.59. The largest absolute Gasteiger partial charge is 0.490 e. The van der Waals surface area contributed by atoms with Gasteiger partial charge in [0.25, 0.3) is 5.91 Å². The van der Waals surface area contributed by atoms with Crippen LogP contribution in [-0.2, 0) is 17.8 Å². The highest BCUT2D eigenvalue weighted by atomic mass is 19.1. The van der Waals surface area contributed by atoms with Gasteiger partial charge in [-0.15, -0.1) is 6.58 Å². The van der Waals surface area contributed by atoms with Crippen molar-refractivity contribution in [2.24, 2.45) is 0 Å². The fourth-order valence-electron chi connectivity index (χ4n) is 3.27. The van der Waals surface area contributed by atoms with Crippen molar-refractivity contribution in [2.45, 2.75) is 20.0 Å². The molecule has 3 aromatic rings. The van der Waals surface area contributed by atoms with Crippen LogP contribution in [0.25, 0.3) is 6.08 Å². The van der Waals surface area contributed by atoms with Gasteiger partial charge in [-0.25, -0.2) is 4.39 Å². The van der Waals surface area contributed by atoms with E-state index in [2.05, 4.69) is 11.9 Å². The van der Waals surface area contributed by atoms with Gasteiger partial charge in [0.15, 0.2) is 11.5 Å². The first kappa shape index (κ1) is 24.3. The molecule has 3 rings (SSSR count). The van der Waals surface area contributed by atoms with E-state index in [-0.39, 0.29) is 18.0 Å². The summed E-state index contributed by atoms with van der Waals surface area (Å²) in [6, 6.07) is 20.5. The van der Waals surface area contributed by atoms with Gasteiger partial charge >= 0.3 is 0 Å². The monoisotopic (exact) mass is 456 g/mol. The molecule has 1 amide bonds. The molecule has 0 aromatic heterocycles. The number of carbonyl (C=O) groups excluding carboxylic acids is 1. The molecule has 0 unspecified atom stereocenters. The predicted octanol–water partition coefficient (Wildman–Crippen LogP) is 6.08. The number of nitriles is 1. The van der Waals surface area contributed by atoms with Crippen molar-refractivity contribution in [1.29, 1.82) is 5.26 Å². The lowest BCUT2D eigenvalue weighted by Crippen LogP contribution is -2.13. The van der Waals surface area contributed by atoms with Crippen molar-refractivity contribution in [3.8, 4) is 17.6 Å². The molecule has 0 aliphatic heterocycles. The van der Waals surface area contributed by atoms with E-state index < -0.39 is 5.91 Å². The first-order chi connectivity index (χ1) is 16.5. The Balaban J connectivity index is 1.92. The van der Waals surface area contributed by atoms with Crippen molar-refractivity contribution < 1.29 is 18.7 Å². The number of carbonyl (C=O) groups is 1. The van der Waals surface area contributed by atoms with Crippen molar-refractivity contribution in [3.63, 3.8) is 0 Å². The number of anilines is 1. The van der Waals surface area contributed by atoms with E-state index in [1.807, 2.05) is 25.1 Å². The quantitative estimate of drug-likeness (QED) is 0.228. The van der Waals surface area contributed by atoms with E-state index >= 15 is 0 Å². The normalized spacial score (nSPS) is 10.8. The molecule has 0 saturated heterocycles. The summed E-state index contributed by atoms with van der Waals surface area (Å²) >= 11 is 0. The maximum Gasteiger partial charge on any atom is 0.266 e. The Morgan fingerprint density at radius 2 is 1.85 bits per heavy atom. The molecule has 0 aliphatic rings. The molecule has 0 saturated carbocycles. The zero-order valence-electron chi connectivity index (χ0n) is 18.9. The number of rotatable bonds is 10. The van der Waals surface area contributed by atoms with Crippen LogP contribution in [0.1, 0.15) is 23.6 Å². The van der Waals surface area contributed by atoms with Crippen molar-refractivity contribution in [1.82, 2.24) is 0 Å². The number of ether oxygens (including phenoxy) is 2. The van der Waals surface area contributed by atoms with Crippen LogP contribution in [0.2, 0.25) is 0 Å². The van der Waals surface area contributed by atoms with Crippen molar-refractivity contribution >= 4 is 17.7 Å². The van der Waals surface area contributed by atoms with Crippen molar-refractivity contribution in [2.75, 3.05) is 11.9 Å². The number of hydrogen-bond acceptors (Lipinski definition) is 4. The van der Waals surface area contributed by atoms with Crippen LogP contribution in [0.4, 0.5) is 10.1 Å². The molecule has 0 bridgehead atoms. The van der Waals surface area contributed by atoms with Crippen molar-refractivity contribution in [3.05, 3.63) is 107 Å². The molecule has 1 N–H and O–H groups in total. The number of amides is 1. The Morgan fingerprint density at radius 1 is 1.12 bits per heavy atom. The number of para-hydroxylation sites is 1. The summed E-state index contributed by atoms with van der Waals surface area (Å²) in [5.74, 6) is 0.201. The van der Waals surface area contributed by atoms with Gasteiger partial charge in [-0.2, -0.15) is 5.26 Å². The molecule has 0 radical (unpaired) electrons. The highest BCUT2D eigenvalue weighted by Gasteiger charge is 2.15. The van der Waals surface area contributed by atoms with Gasteiger partial charge < -0.3 is 14.8 Å². The maximum absolute atomic E-state index is 13.2. The summed E-state index contributed by atoms with van der Waals surface area (Å²) in [4.78, 5) is 12.6. The summed E-state index contributed by atoms with van der Waals surface area (Å²) in [5, 5.41) is 12.3. The van der Waals surface area contributed by atoms with E-state index in [4.69, 9.17) is 9.47 Å². The molecule has 0 spiro atoms. The van der Waals surface area contributed by atoms with Crippen LogP contribution in [0.3, 0.4) is 0 Å². The number of benzene rings is 3. The number of allylic oxidation sites excluding steroid dienone is 1. The Hall–Kier alpha value is -4.37. The SMILES string of the molecule is C=CCc1cc(/C=C(\C#N)C(=O)Nc2ccccc2)cc(OCC)c1OCc1ccc(F)cc1. The number of hydrogen-bond donors (Lipinski definition) is 1. The van der Waals surface area contributed by atoms with E-state index in [9.17, 15) is 14.4 Å². The second-order valence-corrected chi connectivity index (χ2v) is 7.34. The second kappa shape index (κ2) is 12.0. The lowest BCUT2D eigenvalue weighted by Gasteiger charge is -2.17. The van der Waals surface area contributed by atoms with Crippen LogP contribution in [0.15, 0.2) is 85.0 Å². The van der Waals surface area contributed by atoms with Gasteiger partial charge in [0, 0.05) is 11.3 Å². The number of nitrogens with one attached hydrogen (secondary N) is 1. The van der Waals surface area contributed by atoms with Gasteiger partial charge in [0.1, 0.15) is 24.1 Å². The van der Waals surface area contributed by atoms with E-state index in [0.29, 0.717) is 35.8 Å². The lowest BCUT2D eigenvalue weighted by molar-refractivity contribution is -0.112. The number of halogens is 1. The molecule has 0 heterocycles. The highest BCUT2D eigenvalue weighted by molar-refractivity contribution is 6.09. The third-order valence-corrected chi connectivity index (χ3v) is 4.82. The highest BCUT2D eigenvalue weighted by Crippen LogP contribution is 2.35. The Bertz CT molecular complexity index is 1210. The molecule has 0 fully saturated rings. The third-order valence-electron chi connectivity index (χ3n) is 4.82. The van der Waals surface area contributed by atoms with Crippen LogP contribution in [-0.4, -0.2) is 12.5 Å². The van der Waals surface area contributed by atoms with Crippen LogP contribution < -0.4 is 14.8 Å². The summed E-state index contributed by atoms with van der Waals surface area (Å²) in [5.41, 5.74) is 2.77. The zero-order valence-corrected chi connectivity index (χ0v) is 18.9. The molecule has 3 aromatic carbocycles.